The standard InChI is InChI=1S/C11H16BrN3O4/c1-3-11(5-16,6-17)14-10-9(12)7(2)8(4-13-10)15(18)19/h4,16-17H,3,5-6H2,1-2H3,(H,13,14). The first kappa shape index (κ1) is 15.8. The van der Waals surface area contributed by atoms with E-state index in [1.807, 2.05) is 6.92 Å². The SMILES string of the molecule is CCC(CO)(CO)Nc1ncc([N+](=O)[O-])c(C)c1Br. The fourth-order valence-corrected chi connectivity index (χ4v) is 1.94. The highest BCUT2D eigenvalue weighted by atomic mass is 79.9. The number of rotatable bonds is 6. The minimum atomic E-state index is -0.905. The van der Waals surface area contributed by atoms with Crippen LogP contribution in [0.15, 0.2) is 10.7 Å². The van der Waals surface area contributed by atoms with E-state index in [0.29, 0.717) is 22.3 Å². The molecule has 0 bridgehead atoms. The number of anilines is 1. The summed E-state index contributed by atoms with van der Waals surface area (Å²) in [7, 11) is 0. The maximum atomic E-state index is 10.8. The Kier molecular flexibility index (Phi) is 5.21. The molecule has 106 valence electrons. The highest BCUT2D eigenvalue weighted by Crippen LogP contribution is 2.32. The quantitative estimate of drug-likeness (QED) is 0.539. The summed E-state index contributed by atoms with van der Waals surface area (Å²) in [5.74, 6) is 0.355. The summed E-state index contributed by atoms with van der Waals surface area (Å²) < 4.78 is 0.446. The lowest BCUT2D eigenvalue weighted by Crippen LogP contribution is -2.45. The number of aliphatic hydroxyl groups is 2. The first-order valence-electron chi connectivity index (χ1n) is 5.70. The summed E-state index contributed by atoms with van der Waals surface area (Å²) in [4.78, 5) is 14.2. The van der Waals surface area contributed by atoms with Crippen LogP contribution in [-0.2, 0) is 0 Å². The van der Waals surface area contributed by atoms with Crippen molar-refractivity contribution < 1.29 is 15.1 Å². The van der Waals surface area contributed by atoms with Crippen molar-refractivity contribution in [2.75, 3.05) is 18.5 Å². The zero-order valence-electron chi connectivity index (χ0n) is 10.7. The zero-order valence-corrected chi connectivity index (χ0v) is 12.3. The molecule has 0 aliphatic carbocycles. The van der Waals surface area contributed by atoms with Crippen LogP contribution in [-0.4, -0.2) is 38.9 Å². The number of nitro groups is 1. The van der Waals surface area contributed by atoms with Crippen LogP contribution in [0.3, 0.4) is 0 Å². The van der Waals surface area contributed by atoms with Crippen LogP contribution in [0.25, 0.3) is 0 Å². The van der Waals surface area contributed by atoms with Gasteiger partial charge in [0.05, 0.1) is 28.1 Å². The Morgan fingerprint density at radius 1 is 1.53 bits per heavy atom. The monoisotopic (exact) mass is 333 g/mol. The molecule has 0 fully saturated rings. The third-order valence-electron chi connectivity index (χ3n) is 3.10. The van der Waals surface area contributed by atoms with Gasteiger partial charge in [-0.15, -0.1) is 0 Å². The maximum absolute atomic E-state index is 10.8. The van der Waals surface area contributed by atoms with E-state index in [2.05, 4.69) is 26.2 Å². The fraction of sp³-hybridized carbons (Fsp3) is 0.545. The summed E-state index contributed by atoms with van der Waals surface area (Å²) in [6, 6.07) is 0. The molecule has 0 saturated heterocycles. The largest absolute Gasteiger partial charge is 0.394 e. The average molecular weight is 334 g/mol. The number of aromatic nitrogens is 1. The van der Waals surface area contributed by atoms with E-state index in [9.17, 15) is 20.3 Å². The van der Waals surface area contributed by atoms with Crippen LogP contribution in [0.5, 0.6) is 0 Å². The number of nitrogens with one attached hydrogen (secondary N) is 1. The van der Waals surface area contributed by atoms with Gasteiger partial charge in [0.15, 0.2) is 0 Å². The normalized spacial score (nSPS) is 11.4. The molecule has 0 spiro atoms. The van der Waals surface area contributed by atoms with E-state index in [0.717, 1.165) is 6.20 Å². The molecule has 0 aromatic carbocycles. The Morgan fingerprint density at radius 2 is 2.11 bits per heavy atom. The van der Waals surface area contributed by atoms with Gasteiger partial charge < -0.3 is 15.5 Å². The van der Waals surface area contributed by atoms with Crippen LogP contribution < -0.4 is 5.32 Å². The van der Waals surface area contributed by atoms with Crippen LogP contribution in [0.2, 0.25) is 0 Å². The first-order chi connectivity index (χ1) is 8.90. The van der Waals surface area contributed by atoms with Gasteiger partial charge in [-0.25, -0.2) is 4.98 Å². The third kappa shape index (κ3) is 3.20. The molecule has 0 saturated carbocycles. The van der Waals surface area contributed by atoms with Gasteiger partial charge in [-0.2, -0.15) is 0 Å². The average Bonchev–Trinajstić information content (AvgIpc) is 2.40. The molecule has 1 aromatic rings. The number of aliphatic hydroxyl groups excluding tert-OH is 2. The van der Waals surface area contributed by atoms with E-state index in [4.69, 9.17) is 0 Å². The Hall–Kier alpha value is -1.25. The van der Waals surface area contributed by atoms with Crippen LogP contribution in [0.1, 0.15) is 18.9 Å². The molecule has 8 heteroatoms. The van der Waals surface area contributed by atoms with Crippen LogP contribution >= 0.6 is 15.9 Å². The van der Waals surface area contributed by atoms with E-state index in [1.54, 1.807) is 6.92 Å². The smallest absolute Gasteiger partial charge is 0.291 e. The molecule has 7 nitrogen and oxygen atoms in total. The molecule has 0 aliphatic heterocycles. The van der Waals surface area contributed by atoms with Crippen molar-refractivity contribution in [1.29, 1.82) is 0 Å². The second-order valence-corrected chi connectivity index (χ2v) is 5.06. The van der Waals surface area contributed by atoms with E-state index >= 15 is 0 Å². The van der Waals surface area contributed by atoms with Gasteiger partial charge in [0.2, 0.25) is 0 Å². The van der Waals surface area contributed by atoms with Crippen molar-refractivity contribution in [1.82, 2.24) is 4.98 Å². The van der Waals surface area contributed by atoms with Gasteiger partial charge in [-0.1, -0.05) is 6.92 Å². The number of pyridine rings is 1. The first-order valence-corrected chi connectivity index (χ1v) is 6.49. The van der Waals surface area contributed by atoms with Crippen LogP contribution in [0, 0.1) is 17.0 Å². The lowest BCUT2D eigenvalue weighted by molar-refractivity contribution is -0.385. The molecule has 0 atom stereocenters. The highest BCUT2D eigenvalue weighted by molar-refractivity contribution is 9.10. The Morgan fingerprint density at radius 3 is 2.53 bits per heavy atom. The Labute approximate surface area is 118 Å². The summed E-state index contributed by atoms with van der Waals surface area (Å²) >= 11 is 3.25. The van der Waals surface area contributed by atoms with Crippen molar-refractivity contribution in [3.05, 3.63) is 26.3 Å². The lowest BCUT2D eigenvalue weighted by atomic mass is 9.98. The molecular weight excluding hydrogens is 318 g/mol. The molecular formula is C11H16BrN3O4. The molecule has 0 aliphatic rings. The number of hydrogen-bond acceptors (Lipinski definition) is 6. The van der Waals surface area contributed by atoms with Gasteiger partial charge in [0.1, 0.15) is 12.0 Å². The van der Waals surface area contributed by atoms with Crippen molar-refractivity contribution in [2.45, 2.75) is 25.8 Å². The van der Waals surface area contributed by atoms with Crippen molar-refractivity contribution in [3.8, 4) is 0 Å². The number of halogens is 1. The van der Waals surface area contributed by atoms with Crippen molar-refractivity contribution in [3.63, 3.8) is 0 Å². The lowest BCUT2D eigenvalue weighted by Gasteiger charge is -2.30. The molecule has 19 heavy (non-hydrogen) atoms. The number of hydrogen-bond donors (Lipinski definition) is 3. The minimum Gasteiger partial charge on any atom is -0.394 e. The molecule has 0 amide bonds. The Balaban J connectivity index is 3.16. The summed E-state index contributed by atoms with van der Waals surface area (Å²) in [5, 5.41) is 32.5. The van der Waals surface area contributed by atoms with Gasteiger partial charge in [0.25, 0.3) is 5.69 Å². The van der Waals surface area contributed by atoms with Gasteiger partial charge in [-0.3, -0.25) is 10.1 Å². The van der Waals surface area contributed by atoms with Gasteiger partial charge in [0, 0.05) is 5.56 Å². The predicted octanol–water partition coefficient (Wildman–Crippen LogP) is 1.61. The number of nitrogens with zero attached hydrogens (tertiary/aromatic N) is 2. The highest BCUT2D eigenvalue weighted by Gasteiger charge is 2.28. The molecule has 1 rings (SSSR count). The maximum Gasteiger partial charge on any atom is 0.291 e. The fourth-order valence-electron chi connectivity index (χ4n) is 1.53. The summed E-state index contributed by atoms with van der Waals surface area (Å²) in [6.07, 6.45) is 1.63. The van der Waals surface area contributed by atoms with E-state index in [1.165, 1.54) is 0 Å². The molecule has 1 aromatic heterocycles. The van der Waals surface area contributed by atoms with Crippen LogP contribution in [0.4, 0.5) is 11.5 Å². The molecule has 0 radical (unpaired) electrons. The van der Waals surface area contributed by atoms with Crippen molar-refractivity contribution in [2.24, 2.45) is 0 Å². The van der Waals surface area contributed by atoms with Crippen molar-refractivity contribution >= 4 is 27.4 Å². The topological polar surface area (TPSA) is 109 Å². The third-order valence-corrected chi connectivity index (χ3v) is 4.07. The zero-order chi connectivity index (χ0) is 14.6. The predicted molar refractivity (Wildman–Crippen MR) is 74.1 cm³/mol. The van der Waals surface area contributed by atoms with Gasteiger partial charge in [-0.05, 0) is 29.3 Å². The molecule has 1 heterocycles. The summed E-state index contributed by atoms with van der Waals surface area (Å²) in [6.45, 7) is 2.86. The Bertz CT molecular complexity index is 469. The second-order valence-electron chi connectivity index (χ2n) is 4.26. The minimum absolute atomic E-state index is 0.0903. The second kappa shape index (κ2) is 6.27. The van der Waals surface area contributed by atoms with E-state index in [-0.39, 0.29) is 18.9 Å². The molecule has 3 N–H and O–H groups in total. The van der Waals surface area contributed by atoms with E-state index < -0.39 is 10.5 Å². The molecule has 0 unspecified atom stereocenters. The van der Waals surface area contributed by atoms with Gasteiger partial charge >= 0.3 is 0 Å². The summed E-state index contributed by atoms with van der Waals surface area (Å²) in [5.41, 5.74) is -0.561.